The van der Waals surface area contributed by atoms with E-state index in [2.05, 4.69) is 5.32 Å². The van der Waals surface area contributed by atoms with Crippen molar-refractivity contribution in [3.05, 3.63) is 28.2 Å². The Hall–Kier alpha value is -0.820. The van der Waals surface area contributed by atoms with E-state index in [9.17, 15) is 13.2 Å². The van der Waals surface area contributed by atoms with Gasteiger partial charge in [-0.05, 0) is 31.0 Å². The van der Waals surface area contributed by atoms with Gasteiger partial charge in [0.2, 0.25) is 15.9 Å². The predicted octanol–water partition coefficient (Wildman–Crippen LogP) is 2.75. The zero-order valence-electron chi connectivity index (χ0n) is 11.3. The first-order chi connectivity index (χ1) is 9.87. The van der Waals surface area contributed by atoms with E-state index in [1.807, 2.05) is 0 Å². The van der Waals surface area contributed by atoms with Crippen molar-refractivity contribution in [2.75, 3.05) is 24.2 Å². The largest absolute Gasteiger partial charge is 0.326 e. The van der Waals surface area contributed by atoms with Gasteiger partial charge in [-0.2, -0.15) is 0 Å². The fourth-order valence-electron chi connectivity index (χ4n) is 2.17. The lowest BCUT2D eigenvalue weighted by atomic mass is 10.3. The molecule has 0 spiro atoms. The highest BCUT2D eigenvalue weighted by Crippen LogP contribution is 2.22. The van der Waals surface area contributed by atoms with Gasteiger partial charge in [-0.1, -0.05) is 23.2 Å². The van der Waals surface area contributed by atoms with Crippen LogP contribution in [0.25, 0.3) is 0 Å². The lowest BCUT2D eigenvalue weighted by Crippen LogP contribution is -2.31. The summed E-state index contributed by atoms with van der Waals surface area (Å²) < 4.78 is 25.4. The molecule has 1 fully saturated rings. The SMILES string of the molecule is O=C(CCS(=O)(=O)N1CCCC1)Nc1cc(Cl)cc(Cl)c1. The number of halogens is 2. The first-order valence-corrected chi connectivity index (χ1v) is 8.97. The molecule has 1 aromatic rings. The minimum atomic E-state index is -3.34. The van der Waals surface area contributed by atoms with E-state index in [0.717, 1.165) is 12.8 Å². The first kappa shape index (κ1) is 16.5. The highest BCUT2D eigenvalue weighted by atomic mass is 35.5. The monoisotopic (exact) mass is 350 g/mol. The molecule has 1 aliphatic rings. The molecule has 5 nitrogen and oxygen atoms in total. The van der Waals surface area contributed by atoms with Crippen LogP contribution < -0.4 is 5.32 Å². The second-order valence-electron chi connectivity index (χ2n) is 4.88. The summed E-state index contributed by atoms with van der Waals surface area (Å²) in [5, 5.41) is 3.41. The van der Waals surface area contributed by atoms with Gasteiger partial charge in [-0.3, -0.25) is 4.79 Å². The number of benzene rings is 1. The van der Waals surface area contributed by atoms with Gasteiger partial charge < -0.3 is 5.32 Å². The van der Waals surface area contributed by atoms with Crippen molar-refractivity contribution in [1.29, 1.82) is 0 Å². The second kappa shape index (κ2) is 6.96. The Morgan fingerprint density at radius 1 is 1.14 bits per heavy atom. The number of hydrogen-bond donors (Lipinski definition) is 1. The molecule has 1 saturated heterocycles. The Labute approximate surface area is 134 Å². The van der Waals surface area contributed by atoms with E-state index < -0.39 is 10.0 Å². The minimum Gasteiger partial charge on any atom is -0.326 e. The zero-order chi connectivity index (χ0) is 15.5. The summed E-state index contributed by atoms with van der Waals surface area (Å²) in [5.74, 6) is -0.566. The maximum Gasteiger partial charge on any atom is 0.225 e. The molecule has 0 saturated carbocycles. The van der Waals surface area contributed by atoms with Gasteiger partial charge in [0.1, 0.15) is 0 Å². The van der Waals surface area contributed by atoms with E-state index >= 15 is 0 Å². The number of rotatable bonds is 5. The van der Waals surface area contributed by atoms with Crippen LogP contribution in [0, 0.1) is 0 Å². The van der Waals surface area contributed by atoms with Crippen molar-refractivity contribution < 1.29 is 13.2 Å². The van der Waals surface area contributed by atoms with Gasteiger partial charge in [0.25, 0.3) is 0 Å². The van der Waals surface area contributed by atoms with Gasteiger partial charge in [0.05, 0.1) is 5.75 Å². The molecule has 2 rings (SSSR count). The van der Waals surface area contributed by atoms with Crippen molar-refractivity contribution in [2.45, 2.75) is 19.3 Å². The lowest BCUT2D eigenvalue weighted by molar-refractivity contribution is -0.115. The van der Waals surface area contributed by atoms with Crippen molar-refractivity contribution >= 4 is 44.8 Å². The number of carbonyl (C=O) groups excluding carboxylic acids is 1. The predicted molar refractivity (Wildman–Crippen MR) is 84.3 cm³/mol. The highest BCUT2D eigenvalue weighted by Gasteiger charge is 2.25. The van der Waals surface area contributed by atoms with E-state index in [-0.39, 0.29) is 18.1 Å². The van der Waals surface area contributed by atoms with Crippen LogP contribution in [0.3, 0.4) is 0 Å². The molecular formula is C13H16Cl2N2O3S. The molecule has 0 radical (unpaired) electrons. The molecule has 116 valence electrons. The number of nitrogens with zero attached hydrogens (tertiary/aromatic N) is 1. The lowest BCUT2D eigenvalue weighted by Gasteiger charge is -2.15. The van der Waals surface area contributed by atoms with E-state index in [1.165, 1.54) is 4.31 Å². The molecule has 1 aromatic carbocycles. The van der Waals surface area contributed by atoms with Crippen molar-refractivity contribution in [3.8, 4) is 0 Å². The van der Waals surface area contributed by atoms with Crippen LogP contribution in [-0.2, 0) is 14.8 Å². The molecule has 1 amide bonds. The molecule has 1 N–H and O–H groups in total. The fourth-order valence-corrected chi connectivity index (χ4v) is 4.21. The second-order valence-corrected chi connectivity index (χ2v) is 7.84. The van der Waals surface area contributed by atoms with E-state index in [1.54, 1.807) is 18.2 Å². The molecule has 1 aliphatic heterocycles. The van der Waals surface area contributed by atoms with Gasteiger partial charge in [0.15, 0.2) is 0 Å². The maximum atomic E-state index is 12.0. The van der Waals surface area contributed by atoms with Crippen LogP contribution in [0.1, 0.15) is 19.3 Å². The van der Waals surface area contributed by atoms with Gasteiger partial charge in [-0.15, -0.1) is 0 Å². The van der Waals surface area contributed by atoms with E-state index in [0.29, 0.717) is 28.8 Å². The Bertz CT molecular complexity index is 608. The molecule has 0 aliphatic carbocycles. The van der Waals surface area contributed by atoms with Gasteiger partial charge in [0, 0.05) is 35.2 Å². The average Bonchev–Trinajstić information content (AvgIpc) is 2.89. The van der Waals surface area contributed by atoms with Crippen molar-refractivity contribution in [2.24, 2.45) is 0 Å². The first-order valence-electron chi connectivity index (χ1n) is 6.60. The third kappa shape index (κ3) is 4.85. The Balaban J connectivity index is 1.90. The van der Waals surface area contributed by atoms with Gasteiger partial charge in [-0.25, -0.2) is 12.7 Å². The van der Waals surface area contributed by atoms with Crippen LogP contribution >= 0.6 is 23.2 Å². The van der Waals surface area contributed by atoms with Crippen LogP contribution in [-0.4, -0.2) is 37.5 Å². The van der Waals surface area contributed by atoms with E-state index in [4.69, 9.17) is 23.2 Å². The zero-order valence-corrected chi connectivity index (χ0v) is 13.6. The Kier molecular flexibility index (Phi) is 5.48. The minimum absolute atomic E-state index is 0.0943. The number of hydrogen-bond acceptors (Lipinski definition) is 3. The standard InChI is InChI=1S/C13H16Cl2N2O3S/c14-10-7-11(15)9-12(8-10)16-13(18)3-6-21(19,20)17-4-1-2-5-17/h7-9H,1-6H2,(H,16,18). The quantitative estimate of drug-likeness (QED) is 0.887. The van der Waals surface area contributed by atoms with Crippen LogP contribution in [0.2, 0.25) is 10.0 Å². The smallest absolute Gasteiger partial charge is 0.225 e. The summed E-state index contributed by atoms with van der Waals surface area (Å²) in [4.78, 5) is 11.8. The van der Waals surface area contributed by atoms with Crippen LogP contribution in [0.15, 0.2) is 18.2 Å². The molecular weight excluding hydrogens is 335 g/mol. The molecule has 21 heavy (non-hydrogen) atoms. The molecule has 0 unspecified atom stereocenters. The van der Waals surface area contributed by atoms with Crippen molar-refractivity contribution in [3.63, 3.8) is 0 Å². The number of nitrogens with one attached hydrogen (secondary N) is 1. The van der Waals surface area contributed by atoms with Crippen LogP contribution in [0.5, 0.6) is 0 Å². The van der Waals surface area contributed by atoms with Crippen molar-refractivity contribution in [1.82, 2.24) is 4.31 Å². The molecule has 0 bridgehead atoms. The Morgan fingerprint density at radius 3 is 2.29 bits per heavy atom. The number of amides is 1. The average molecular weight is 351 g/mol. The summed E-state index contributed by atoms with van der Waals surface area (Å²) in [5.41, 5.74) is 0.455. The number of anilines is 1. The van der Waals surface area contributed by atoms with Gasteiger partial charge >= 0.3 is 0 Å². The summed E-state index contributed by atoms with van der Waals surface area (Å²) in [6, 6.07) is 4.66. The topological polar surface area (TPSA) is 66.5 Å². The normalized spacial score (nSPS) is 16.1. The summed E-state index contributed by atoms with van der Waals surface area (Å²) in [6.45, 7) is 1.10. The van der Waals surface area contributed by atoms with Crippen LogP contribution in [0.4, 0.5) is 5.69 Å². The third-order valence-electron chi connectivity index (χ3n) is 3.19. The Morgan fingerprint density at radius 2 is 1.71 bits per heavy atom. The maximum absolute atomic E-state index is 12.0. The number of carbonyl (C=O) groups is 1. The molecule has 1 heterocycles. The highest BCUT2D eigenvalue weighted by molar-refractivity contribution is 7.89. The third-order valence-corrected chi connectivity index (χ3v) is 5.50. The molecule has 0 atom stereocenters. The summed E-state index contributed by atoms with van der Waals surface area (Å²) in [6.07, 6.45) is 1.67. The summed E-state index contributed by atoms with van der Waals surface area (Å²) in [7, 11) is -3.34. The molecule has 8 heteroatoms. The number of sulfonamides is 1. The fraction of sp³-hybridized carbons (Fsp3) is 0.462. The summed E-state index contributed by atoms with van der Waals surface area (Å²) >= 11 is 11.7. The molecule has 0 aromatic heterocycles.